The highest BCUT2D eigenvalue weighted by Gasteiger charge is 2.23. The number of H-pyrrole nitrogens is 1. The molecule has 10 nitrogen and oxygen atoms in total. The molecular formula is C27H29F2N7O3S. The minimum atomic E-state index is -3.84. The lowest BCUT2D eigenvalue weighted by Crippen LogP contribution is -2.44. The maximum absolute atomic E-state index is 15.0. The minimum Gasteiger partial charge on any atom is -0.354 e. The second kappa shape index (κ2) is 11.2. The van der Waals surface area contributed by atoms with E-state index in [0.717, 1.165) is 55.4 Å². The van der Waals surface area contributed by atoms with Crippen LogP contribution in [0, 0.1) is 11.6 Å². The van der Waals surface area contributed by atoms with E-state index < -0.39 is 38.8 Å². The molecule has 5 rings (SSSR count). The smallest absolute Gasteiger partial charge is 0.261 e. The van der Waals surface area contributed by atoms with Gasteiger partial charge in [-0.3, -0.25) is 9.52 Å². The van der Waals surface area contributed by atoms with Crippen molar-refractivity contribution in [3.63, 3.8) is 0 Å². The van der Waals surface area contributed by atoms with Crippen LogP contribution in [0.2, 0.25) is 0 Å². The maximum atomic E-state index is 15.0. The first-order valence-corrected chi connectivity index (χ1v) is 14.5. The van der Waals surface area contributed by atoms with Crippen LogP contribution in [0.1, 0.15) is 23.7 Å². The van der Waals surface area contributed by atoms with Gasteiger partial charge in [0, 0.05) is 49.0 Å². The molecule has 210 valence electrons. The van der Waals surface area contributed by atoms with Crippen LogP contribution in [0.5, 0.6) is 0 Å². The topological polar surface area (TPSA) is 123 Å². The third-order valence-electron chi connectivity index (χ3n) is 6.67. The molecule has 0 unspecified atom stereocenters. The summed E-state index contributed by atoms with van der Waals surface area (Å²) < 4.78 is 55.6. The van der Waals surface area contributed by atoms with Gasteiger partial charge in [0.2, 0.25) is 10.0 Å². The number of aromatic nitrogens is 3. The zero-order chi connectivity index (χ0) is 28.4. The van der Waals surface area contributed by atoms with Gasteiger partial charge < -0.3 is 20.1 Å². The second-order valence-electron chi connectivity index (χ2n) is 9.70. The third kappa shape index (κ3) is 5.89. The van der Waals surface area contributed by atoms with Gasteiger partial charge in [-0.1, -0.05) is 6.92 Å². The number of halogens is 2. The number of hydrogen-bond donors (Lipinski definition) is 3. The molecular weight excluding hydrogens is 540 g/mol. The highest BCUT2D eigenvalue weighted by molar-refractivity contribution is 7.92. The number of nitrogens with zero attached hydrogens (tertiary/aromatic N) is 4. The molecule has 40 heavy (non-hydrogen) atoms. The molecule has 0 spiro atoms. The van der Waals surface area contributed by atoms with Crippen molar-refractivity contribution < 1.29 is 22.0 Å². The quantitative estimate of drug-likeness (QED) is 0.292. The van der Waals surface area contributed by atoms with Crippen molar-refractivity contribution in [1.82, 2.24) is 19.9 Å². The predicted molar refractivity (Wildman–Crippen MR) is 151 cm³/mol. The lowest BCUT2D eigenvalue weighted by molar-refractivity contribution is 0.101. The summed E-state index contributed by atoms with van der Waals surface area (Å²) in [5, 5.41) is 3.11. The monoisotopic (exact) mass is 569 g/mol. The summed E-state index contributed by atoms with van der Waals surface area (Å²) in [6.07, 6.45) is 3.45. The van der Waals surface area contributed by atoms with E-state index in [2.05, 4.69) is 41.8 Å². The molecule has 0 radical (unpaired) electrons. The molecule has 1 aliphatic heterocycles. The molecule has 0 bridgehead atoms. The molecule has 1 aliphatic rings. The number of likely N-dealkylation sites (N-methyl/N-ethyl adjacent to an activating group) is 1. The average Bonchev–Trinajstić information content (AvgIpc) is 3.34. The van der Waals surface area contributed by atoms with Gasteiger partial charge >= 0.3 is 0 Å². The van der Waals surface area contributed by atoms with Gasteiger partial charge in [-0.25, -0.2) is 27.2 Å². The Hall–Kier alpha value is -4.10. The van der Waals surface area contributed by atoms with E-state index in [4.69, 9.17) is 0 Å². The number of fused-ring (bicyclic) bond motifs is 1. The van der Waals surface area contributed by atoms with Gasteiger partial charge in [-0.2, -0.15) is 0 Å². The third-order valence-corrected chi connectivity index (χ3v) is 8.15. The molecule has 4 heterocycles. The van der Waals surface area contributed by atoms with Gasteiger partial charge in [0.15, 0.2) is 5.82 Å². The zero-order valence-corrected chi connectivity index (χ0v) is 22.9. The maximum Gasteiger partial charge on any atom is 0.261 e. The van der Waals surface area contributed by atoms with Crippen molar-refractivity contribution >= 4 is 44.2 Å². The largest absolute Gasteiger partial charge is 0.354 e. The van der Waals surface area contributed by atoms with Crippen LogP contribution in [0.25, 0.3) is 22.3 Å². The van der Waals surface area contributed by atoms with Crippen LogP contribution < -0.4 is 14.9 Å². The van der Waals surface area contributed by atoms with E-state index in [1.54, 1.807) is 19.2 Å². The lowest BCUT2D eigenvalue weighted by atomic mass is 10.1. The number of benzene rings is 1. The van der Waals surface area contributed by atoms with Crippen molar-refractivity contribution in [3.05, 3.63) is 66.0 Å². The molecule has 1 fully saturated rings. The first-order valence-electron chi connectivity index (χ1n) is 12.8. The van der Waals surface area contributed by atoms with Crippen molar-refractivity contribution in [2.24, 2.45) is 0 Å². The Morgan fingerprint density at radius 3 is 2.52 bits per heavy atom. The average molecular weight is 570 g/mol. The number of anilines is 3. The summed E-state index contributed by atoms with van der Waals surface area (Å²) in [4.78, 5) is 29.5. The SMILES string of the molecule is CCCS(=O)(=O)Nc1ccc(F)c(C(=O)Nc2cnc3[nH]c(-c4ccc(N5CCN(C)CC5)nc4)cc3c2)c1F. The Bertz CT molecular complexity index is 1650. The van der Waals surface area contributed by atoms with Crippen LogP contribution in [0.3, 0.4) is 0 Å². The van der Waals surface area contributed by atoms with Crippen molar-refractivity contribution in [1.29, 1.82) is 0 Å². The first kappa shape index (κ1) is 27.5. The Balaban J connectivity index is 1.33. The molecule has 0 aliphatic carbocycles. The zero-order valence-electron chi connectivity index (χ0n) is 22.0. The van der Waals surface area contributed by atoms with Crippen molar-refractivity contribution in [2.45, 2.75) is 13.3 Å². The van der Waals surface area contributed by atoms with Crippen LogP contribution >= 0.6 is 0 Å². The molecule has 1 amide bonds. The highest BCUT2D eigenvalue weighted by Crippen LogP contribution is 2.27. The number of carbonyl (C=O) groups excluding carboxylic acids is 1. The van der Waals surface area contributed by atoms with Gasteiger partial charge in [0.25, 0.3) is 5.91 Å². The summed E-state index contributed by atoms with van der Waals surface area (Å²) in [7, 11) is -1.74. The van der Waals surface area contributed by atoms with Crippen LogP contribution in [0.4, 0.5) is 26.0 Å². The van der Waals surface area contributed by atoms with E-state index >= 15 is 4.39 Å². The molecule has 3 aromatic heterocycles. The molecule has 3 N–H and O–H groups in total. The number of pyridine rings is 2. The van der Waals surface area contributed by atoms with E-state index in [1.165, 1.54) is 6.20 Å². The fraction of sp³-hybridized carbons (Fsp3) is 0.296. The van der Waals surface area contributed by atoms with Crippen LogP contribution in [0.15, 0.2) is 48.8 Å². The Morgan fingerprint density at radius 2 is 1.82 bits per heavy atom. The molecule has 4 aromatic rings. The Morgan fingerprint density at radius 1 is 1.05 bits per heavy atom. The summed E-state index contributed by atoms with van der Waals surface area (Å²) >= 11 is 0. The van der Waals surface area contributed by atoms with Crippen molar-refractivity contribution in [2.75, 3.05) is 53.9 Å². The van der Waals surface area contributed by atoms with Crippen LogP contribution in [-0.4, -0.2) is 73.2 Å². The fourth-order valence-electron chi connectivity index (χ4n) is 4.53. The minimum absolute atomic E-state index is 0.211. The van der Waals surface area contributed by atoms with Crippen LogP contribution in [-0.2, 0) is 10.0 Å². The van der Waals surface area contributed by atoms with E-state index in [1.807, 2.05) is 18.2 Å². The Labute approximate surface area is 230 Å². The van der Waals surface area contributed by atoms with E-state index in [-0.39, 0.29) is 11.4 Å². The summed E-state index contributed by atoms with van der Waals surface area (Å²) in [5.74, 6) is -2.84. The lowest BCUT2D eigenvalue weighted by Gasteiger charge is -2.33. The normalized spacial score (nSPS) is 14.4. The number of amides is 1. The number of nitrogens with one attached hydrogen (secondary N) is 3. The number of aromatic amines is 1. The van der Waals surface area contributed by atoms with Gasteiger partial charge in [-0.05, 0) is 49.9 Å². The predicted octanol–water partition coefficient (Wildman–Crippen LogP) is 4.06. The summed E-state index contributed by atoms with van der Waals surface area (Å²) in [5.41, 5.74) is 0.984. The number of hydrogen-bond acceptors (Lipinski definition) is 7. The Kier molecular flexibility index (Phi) is 7.68. The summed E-state index contributed by atoms with van der Waals surface area (Å²) in [6.45, 7) is 5.46. The first-order chi connectivity index (χ1) is 19.1. The number of carbonyl (C=O) groups is 1. The van der Waals surface area contributed by atoms with Gasteiger partial charge in [0.05, 0.1) is 23.3 Å². The second-order valence-corrected chi connectivity index (χ2v) is 11.5. The molecule has 13 heteroatoms. The molecule has 1 aromatic carbocycles. The molecule has 0 saturated carbocycles. The van der Waals surface area contributed by atoms with E-state index in [0.29, 0.717) is 17.5 Å². The molecule has 0 atom stereocenters. The van der Waals surface area contributed by atoms with Gasteiger partial charge in [0.1, 0.15) is 22.8 Å². The summed E-state index contributed by atoms with van der Waals surface area (Å²) in [6, 6.07) is 9.19. The van der Waals surface area contributed by atoms with Gasteiger partial charge in [-0.15, -0.1) is 0 Å². The number of rotatable bonds is 8. The molecule has 1 saturated heterocycles. The highest BCUT2D eigenvalue weighted by atomic mass is 32.2. The van der Waals surface area contributed by atoms with E-state index in [9.17, 15) is 17.6 Å². The number of sulfonamides is 1. The fourth-order valence-corrected chi connectivity index (χ4v) is 5.66. The van der Waals surface area contributed by atoms with Crippen molar-refractivity contribution in [3.8, 4) is 11.3 Å². The standard InChI is InChI=1S/C27H29F2N7O3S/c1-3-12-40(38,39)34-21-6-5-20(28)24(25(21)29)27(37)32-19-13-18-14-22(33-26(18)31-16-19)17-4-7-23(30-15-17)36-10-8-35(2)9-11-36/h4-7,13-16,34H,3,8-12H2,1-2H3,(H,31,33)(H,32,37). The number of piperazine rings is 1.